The predicted octanol–water partition coefficient (Wildman–Crippen LogP) is 1.46. The van der Waals surface area contributed by atoms with E-state index in [1.807, 2.05) is 24.3 Å². The summed E-state index contributed by atoms with van der Waals surface area (Å²) in [7, 11) is 1.68. The summed E-state index contributed by atoms with van der Waals surface area (Å²) in [4.78, 5) is 22.5. The molecule has 0 aliphatic carbocycles. The zero-order chi connectivity index (χ0) is 11.7. The highest BCUT2D eigenvalue weighted by Crippen LogP contribution is 2.22. The van der Waals surface area contributed by atoms with E-state index in [-0.39, 0.29) is 5.56 Å². The highest BCUT2D eigenvalue weighted by atomic mass is 16.5. The molecule has 0 radical (unpaired) electrons. The number of esters is 1. The van der Waals surface area contributed by atoms with Gasteiger partial charge in [0.1, 0.15) is 5.75 Å². The van der Waals surface area contributed by atoms with Crippen LogP contribution in [0.3, 0.4) is 0 Å². The Hall–Kier alpha value is -2.10. The van der Waals surface area contributed by atoms with E-state index in [2.05, 4.69) is 0 Å². The van der Waals surface area contributed by atoms with E-state index in [1.165, 1.54) is 17.6 Å². The van der Waals surface area contributed by atoms with Crippen LogP contribution in [0.15, 0.2) is 35.1 Å². The van der Waals surface area contributed by atoms with Gasteiger partial charge in [-0.2, -0.15) is 0 Å². The van der Waals surface area contributed by atoms with E-state index in [0.29, 0.717) is 5.75 Å². The minimum Gasteiger partial charge on any atom is -0.426 e. The summed E-state index contributed by atoms with van der Waals surface area (Å²) in [6, 6.07) is 8.61. The molecule has 0 spiro atoms. The first kappa shape index (κ1) is 10.4. The van der Waals surface area contributed by atoms with Gasteiger partial charge in [0.05, 0.1) is 5.52 Å². The van der Waals surface area contributed by atoms with Crippen molar-refractivity contribution in [3.8, 4) is 5.75 Å². The van der Waals surface area contributed by atoms with Crippen LogP contribution in [-0.2, 0) is 11.8 Å². The fourth-order valence-corrected chi connectivity index (χ4v) is 1.62. The molecule has 0 saturated carbocycles. The normalized spacial score (nSPS) is 10.4. The molecular weight excluding hydrogens is 206 g/mol. The average Bonchev–Trinajstić information content (AvgIpc) is 2.25. The molecule has 1 heterocycles. The van der Waals surface area contributed by atoms with Crippen molar-refractivity contribution >= 4 is 16.9 Å². The number of para-hydroxylation sites is 1. The summed E-state index contributed by atoms with van der Waals surface area (Å²) in [5.41, 5.74) is 0.543. The van der Waals surface area contributed by atoms with Crippen molar-refractivity contribution in [2.45, 2.75) is 6.92 Å². The minimum absolute atomic E-state index is 0.199. The van der Waals surface area contributed by atoms with E-state index in [0.717, 1.165) is 10.9 Å². The SMILES string of the molecule is CC(=O)Oc1cc(=O)n(C)c2ccccc12. The molecule has 0 fully saturated rings. The maximum atomic E-state index is 11.6. The van der Waals surface area contributed by atoms with Gasteiger partial charge in [-0.3, -0.25) is 9.59 Å². The van der Waals surface area contributed by atoms with Crippen LogP contribution >= 0.6 is 0 Å². The smallest absolute Gasteiger partial charge is 0.308 e. The zero-order valence-corrected chi connectivity index (χ0v) is 9.06. The molecule has 2 aromatic rings. The molecule has 1 aromatic carbocycles. The third kappa shape index (κ3) is 1.69. The molecule has 0 atom stereocenters. The fourth-order valence-electron chi connectivity index (χ4n) is 1.62. The lowest BCUT2D eigenvalue weighted by atomic mass is 10.2. The van der Waals surface area contributed by atoms with E-state index in [4.69, 9.17) is 4.74 Å². The Morgan fingerprint density at radius 2 is 2.00 bits per heavy atom. The van der Waals surface area contributed by atoms with Crippen LogP contribution in [0, 0.1) is 0 Å². The second kappa shape index (κ2) is 3.81. The maximum absolute atomic E-state index is 11.6. The number of hydrogen-bond acceptors (Lipinski definition) is 3. The Balaban J connectivity index is 2.79. The zero-order valence-electron chi connectivity index (χ0n) is 9.06. The van der Waals surface area contributed by atoms with Crippen LogP contribution < -0.4 is 10.3 Å². The molecule has 82 valence electrons. The monoisotopic (exact) mass is 217 g/mol. The van der Waals surface area contributed by atoms with Crippen molar-refractivity contribution in [2.24, 2.45) is 7.05 Å². The quantitative estimate of drug-likeness (QED) is 0.679. The predicted molar refractivity (Wildman–Crippen MR) is 60.5 cm³/mol. The third-order valence-corrected chi connectivity index (χ3v) is 2.37. The molecule has 4 nitrogen and oxygen atoms in total. The van der Waals surface area contributed by atoms with E-state index >= 15 is 0 Å². The first-order valence-electron chi connectivity index (χ1n) is 4.87. The largest absolute Gasteiger partial charge is 0.426 e. The first-order chi connectivity index (χ1) is 7.59. The Labute approximate surface area is 92.1 Å². The van der Waals surface area contributed by atoms with Crippen LogP contribution in [0.5, 0.6) is 5.75 Å². The molecule has 0 saturated heterocycles. The van der Waals surface area contributed by atoms with Gasteiger partial charge in [0.25, 0.3) is 5.56 Å². The van der Waals surface area contributed by atoms with Crippen molar-refractivity contribution in [1.82, 2.24) is 4.57 Å². The van der Waals surface area contributed by atoms with Crippen molar-refractivity contribution < 1.29 is 9.53 Å². The molecular formula is C12H11NO3. The minimum atomic E-state index is -0.432. The summed E-state index contributed by atoms with van der Waals surface area (Å²) in [5, 5.41) is 0.750. The van der Waals surface area contributed by atoms with Crippen molar-refractivity contribution in [3.05, 3.63) is 40.7 Å². The van der Waals surface area contributed by atoms with Crippen molar-refractivity contribution in [1.29, 1.82) is 0 Å². The molecule has 0 amide bonds. The lowest BCUT2D eigenvalue weighted by Gasteiger charge is -2.08. The number of carbonyl (C=O) groups is 1. The highest BCUT2D eigenvalue weighted by Gasteiger charge is 2.08. The number of hydrogen-bond donors (Lipinski definition) is 0. The van der Waals surface area contributed by atoms with Crippen molar-refractivity contribution in [2.75, 3.05) is 0 Å². The number of nitrogens with zero attached hydrogens (tertiary/aromatic N) is 1. The number of carbonyl (C=O) groups excluding carboxylic acids is 1. The molecule has 0 aliphatic heterocycles. The van der Waals surface area contributed by atoms with Crippen LogP contribution in [0.2, 0.25) is 0 Å². The number of aromatic nitrogens is 1. The molecule has 2 rings (SSSR count). The fraction of sp³-hybridized carbons (Fsp3) is 0.167. The van der Waals surface area contributed by atoms with Gasteiger partial charge in [-0.05, 0) is 12.1 Å². The maximum Gasteiger partial charge on any atom is 0.308 e. The van der Waals surface area contributed by atoms with Crippen LogP contribution in [0.1, 0.15) is 6.92 Å². The van der Waals surface area contributed by atoms with Crippen LogP contribution in [-0.4, -0.2) is 10.5 Å². The summed E-state index contributed by atoms with van der Waals surface area (Å²) < 4.78 is 6.53. The second-order valence-corrected chi connectivity index (χ2v) is 3.52. The van der Waals surface area contributed by atoms with Gasteiger partial charge in [-0.15, -0.1) is 0 Å². The Morgan fingerprint density at radius 3 is 2.69 bits per heavy atom. The topological polar surface area (TPSA) is 48.3 Å². The lowest BCUT2D eigenvalue weighted by molar-refractivity contribution is -0.131. The molecule has 0 bridgehead atoms. The first-order valence-corrected chi connectivity index (χ1v) is 4.87. The Bertz CT molecular complexity index is 613. The van der Waals surface area contributed by atoms with Gasteiger partial charge < -0.3 is 9.30 Å². The third-order valence-electron chi connectivity index (χ3n) is 2.37. The van der Waals surface area contributed by atoms with Gasteiger partial charge in [-0.25, -0.2) is 0 Å². The number of ether oxygens (including phenoxy) is 1. The lowest BCUT2D eigenvalue weighted by Crippen LogP contribution is -2.17. The molecule has 0 aliphatic rings. The molecule has 0 unspecified atom stereocenters. The molecule has 1 aromatic heterocycles. The number of rotatable bonds is 1. The molecule has 0 N–H and O–H groups in total. The van der Waals surface area contributed by atoms with Gasteiger partial charge in [0.15, 0.2) is 0 Å². The van der Waals surface area contributed by atoms with E-state index in [9.17, 15) is 9.59 Å². The van der Waals surface area contributed by atoms with Gasteiger partial charge in [0.2, 0.25) is 0 Å². The van der Waals surface area contributed by atoms with Gasteiger partial charge >= 0.3 is 5.97 Å². The van der Waals surface area contributed by atoms with E-state index in [1.54, 1.807) is 7.05 Å². The summed E-state index contributed by atoms with van der Waals surface area (Å²) in [5.74, 6) is -0.121. The number of fused-ring (bicyclic) bond motifs is 1. The highest BCUT2D eigenvalue weighted by molar-refractivity contribution is 5.87. The molecule has 4 heteroatoms. The van der Waals surface area contributed by atoms with Gasteiger partial charge in [0, 0.05) is 25.4 Å². The van der Waals surface area contributed by atoms with Crippen molar-refractivity contribution in [3.63, 3.8) is 0 Å². The number of benzene rings is 1. The Morgan fingerprint density at radius 1 is 1.31 bits per heavy atom. The second-order valence-electron chi connectivity index (χ2n) is 3.52. The summed E-state index contributed by atoms with van der Waals surface area (Å²) >= 11 is 0. The average molecular weight is 217 g/mol. The summed E-state index contributed by atoms with van der Waals surface area (Å²) in [6.07, 6.45) is 0. The van der Waals surface area contributed by atoms with E-state index < -0.39 is 5.97 Å². The van der Waals surface area contributed by atoms with Gasteiger partial charge in [-0.1, -0.05) is 12.1 Å². The van der Waals surface area contributed by atoms with Crippen LogP contribution in [0.25, 0.3) is 10.9 Å². The molecule has 16 heavy (non-hydrogen) atoms. The standard InChI is InChI=1S/C12H11NO3/c1-8(14)16-11-7-12(15)13(2)10-6-4-3-5-9(10)11/h3-7H,1-2H3. The number of pyridine rings is 1. The summed E-state index contributed by atoms with van der Waals surface area (Å²) in [6.45, 7) is 1.31. The number of aryl methyl sites for hydroxylation is 1. The Kier molecular flexibility index (Phi) is 2.48. The van der Waals surface area contributed by atoms with Crippen LogP contribution in [0.4, 0.5) is 0 Å².